The molecule has 2 aliphatic heterocycles. The molecule has 2 unspecified atom stereocenters. The van der Waals surface area contributed by atoms with E-state index < -0.39 is 29.5 Å². The summed E-state index contributed by atoms with van der Waals surface area (Å²) in [6, 6.07) is 6.53. The Balaban J connectivity index is 2.26. The number of ether oxygens (including phenoxy) is 2. The maximum atomic E-state index is 13.4. The molecule has 3 rings (SSSR count). The molecule has 0 aromatic heterocycles. The molecule has 2 aliphatic rings. The SMILES string of the molecule is CC1CC(=O)C2=C(OC(N)=C(C#N)C2c2ccccc2C(F)(F)F)O1. The first kappa shape index (κ1) is 16.9. The quantitative estimate of drug-likeness (QED) is 0.841. The van der Waals surface area contributed by atoms with Gasteiger partial charge >= 0.3 is 6.18 Å². The number of benzene rings is 1. The third kappa shape index (κ3) is 2.82. The number of nitriles is 1. The van der Waals surface area contributed by atoms with E-state index in [4.69, 9.17) is 15.2 Å². The molecule has 2 heterocycles. The lowest BCUT2D eigenvalue weighted by molar-refractivity contribution is -0.138. The summed E-state index contributed by atoms with van der Waals surface area (Å²) in [5, 5.41) is 9.39. The zero-order valence-electron chi connectivity index (χ0n) is 13.1. The number of rotatable bonds is 1. The molecule has 0 saturated heterocycles. The summed E-state index contributed by atoms with van der Waals surface area (Å²) in [6.45, 7) is 1.63. The number of halogens is 3. The number of alkyl halides is 3. The molecule has 0 fully saturated rings. The van der Waals surface area contributed by atoms with E-state index in [2.05, 4.69) is 0 Å². The molecule has 1 aromatic carbocycles. The summed E-state index contributed by atoms with van der Waals surface area (Å²) in [5.41, 5.74) is 4.16. The summed E-state index contributed by atoms with van der Waals surface area (Å²) >= 11 is 0. The molecule has 0 aliphatic carbocycles. The van der Waals surface area contributed by atoms with Crippen molar-refractivity contribution in [2.45, 2.75) is 31.5 Å². The van der Waals surface area contributed by atoms with Crippen molar-refractivity contribution in [3.8, 4) is 6.07 Å². The van der Waals surface area contributed by atoms with Gasteiger partial charge in [-0.05, 0) is 18.6 Å². The largest absolute Gasteiger partial charge is 0.461 e. The fraction of sp³-hybridized carbons (Fsp3) is 0.294. The van der Waals surface area contributed by atoms with Crippen molar-refractivity contribution >= 4 is 5.78 Å². The normalized spacial score (nSPS) is 23.6. The standard InChI is InChI=1S/C17H13F3N2O3/c1-8-6-12(23)14-13(10(7-21)15(22)25-16(14)24-8)9-4-2-3-5-11(9)17(18,19)20/h2-5,8,13H,6,22H2,1H3. The summed E-state index contributed by atoms with van der Waals surface area (Å²) in [7, 11) is 0. The van der Waals surface area contributed by atoms with Crippen molar-refractivity contribution in [2.75, 3.05) is 0 Å². The molecule has 0 bridgehead atoms. The smallest absolute Gasteiger partial charge is 0.416 e. The van der Waals surface area contributed by atoms with E-state index in [1.807, 2.05) is 0 Å². The molecule has 0 saturated carbocycles. The van der Waals surface area contributed by atoms with Crippen LogP contribution in [-0.4, -0.2) is 11.9 Å². The first-order valence-corrected chi connectivity index (χ1v) is 7.41. The van der Waals surface area contributed by atoms with Crippen molar-refractivity contribution in [3.63, 3.8) is 0 Å². The van der Waals surface area contributed by atoms with E-state index in [9.17, 15) is 23.2 Å². The highest BCUT2D eigenvalue weighted by molar-refractivity contribution is 5.99. The predicted octanol–water partition coefficient (Wildman–Crippen LogP) is 3.10. The average molecular weight is 350 g/mol. The van der Waals surface area contributed by atoms with Crippen molar-refractivity contribution in [3.05, 3.63) is 58.4 Å². The van der Waals surface area contributed by atoms with Gasteiger partial charge in [-0.3, -0.25) is 4.79 Å². The van der Waals surface area contributed by atoms with Crippen LogP contribution in [0.15, 0.2) is 47.2 Å². The molecular weight excluding hydrogens is 337 g/mol. The molecule has 2 N–H and O–H groups in total. The molecule has 0 radical (unpaired) electrons. The minimum Gasteiger partial charge on any atom is -0.461 e. The number of carbonyl (C=O) groups is 1. The fourth-order valence-electron chi connectivity index (χ4n) is 3.01. The third-order valence-electron chi connectivity index (χ3n) is 4.04. The maximum absolute atomic E-state index is 13.4. The highest BCUT2D eigenvalue weighted by Crippen LogP contribution is 2.46. The van der Waals surface area contributed by atoms with Crippen LogP contribution >= 0.6 is 0 Å². The summed E-state index contributed by atoms with van der Waals surface area (Å²) in [6.07, 6.45) is -5.18. The van der Waals surface area contributed by atoms with E-state index in [1.54, 1.807) is 13.0 Å². The second kappa shape index (κ2) is 5.84. The number of nitrogens with zero attached hydrogens (tertiary/aromatic N) is 1. The van der Waals surface area contributed by atoms with Crippen molar-refractivity contribution in [1.29, 1.82) is 5.26 Å². The average Bonchev–Trinajstić information content (AvgIpc) is 2.52. The number of ketones is 1. The van der Waals surface area contributed by atoms with Crippen LogP contribution < -0.4 is 5.73 Å². The maximum Gasteiger partial charge on any atom is 0.416 e. The minimum absolute atomic E-state index is 0.0223. The third-order valence-corrected chi connectivity index (χ3v) is 4.04. The Kier molecular flexibility index (Phi) is 3.95. The van der Waals surface area contributed by atoms with Gasteiger partial charge in [-0.2, -0.15) is 18.4 Å². The summed E-state index contributed by atoms with van der Waals surface area (Å²) in [4.78, 5) is 12.5. The van der Waals surface area contributed by atoms with Crippen molar-refractivity contribution < 1.29 is 27.4 Å². The Labute approximate surface area is 141 Å². The Hall–Kier alpha value is -2.95. The summed E-state index contributed by atoms with van der Waals surface area (Å²) < 4.78 is 50.9. The van der Waals surface area contributed by atoms with Crippen LogP contribution in [-0.2, 0) is 20.4 Å². The molecule has 130 valence electrons. The summed E-state index contributed by atoms with van der Waals surface area (Å²) in [5.74, 6) is -2.32. The molecule has 2 atom stereocenters. The number of allylic oxidation sites excluding steroid dienone is 2. The minimum atomic E-state index is -4.66. The number of hydrogen-bond acceptors (Lipinski definition) is 5. The lowest BCUT2D eigenvalue weighted by atomic mass is 9.78. The second-order valence-electron chi connectivity index (χ2n) is 5.77. The number of Topliss-reactive ketones (excluding diaryl/α,β-unsaturated/α-hetero) is 1. The van der Waals surface area contributed by atoms with Gasteiger partial charge in [-0.15, -0.1) is 0 Å². The van der Waals surface area contributed by atoms with E-state index in [0.717, 1.165) is 6.07 Å². The van der Waals surface area contributed by atoms with Crippen molar-refractivity contribution in [1.82, 2.24) is 0 Å². The Morgan fingerprint density at radius 3 is 2.64 bits per heavy atom. The van der Waals surface area contributed by atoms with Crippen LogP contribution in [0, 0.1) is 11.3 Å². The van der Waals surface area contributed by atoms with Gasteiger partial charge in [-0.1, -0.05) is 18.2 Å². The molecular formula is C17H13F3N2O3. The Bertz CT molecular complexity index is 849. The van der Waals surface area contributed by atoms with Gasteiger partial charge in [0.2, 0.25) is 5.88 Å². The van der Waals surface area contributed by atoms with E-state index in [0.29, 0.717) is 0 Å². The monoisotopic (exact) mass is 350 g/mol. The van der Waals surface area contributed by atoms with E-state index in [1.165, 1.54) is 18.2 Å². The fourth-order valence-corrected chi connectivity index (χ4v) is 3.01. The first-order valence-electron chi connectivity index (χ1n) is 7.41. The number of nitrogens with two attached hydrogens (primary N) is 1. The van der Waals surface area contributed by atoms with Crippen LogP contribution in [0.3, 0.4) is 0 Å². The molecule has 1 aromatic rings. The van der Waals surface area contributed by atoms with Gasteiger partial charge in [0.05, 0.1) is 17.1 Å². The topological polar surface area (TPSA) is 85.3 Å². The van der Waals surface area contributed by atoms with E-state index in [-0.39, 0.29) is 35.0 Å². The number of hydrogen-bond donors (Lipinski definition) is 1. The first-order chi connectivity index (χ1) is 11.7. The lowest BCUT2D eigenvalue weighted by Crippen LogP contribution is -2.33. The molecule has 0 spiro atoms. The van der Waals surface area contributed by atoms with Gasteiger partial charge in [0, 0.05) is 6.42 Å². The zero-order chi connectivity index (χ0) is 18.4. The van der Waals surface area contributed by atoms with Crippen LogP contribution in [0.4, 0.5) is 13.2 Å². The molecule has 5 nitrogen and oxygen atoms in total. The molecule has 0 amide bonds. The highest BCUT2D eigenvalue weighted by atomic mass is 19.4. The van der Waals surface area contributed by atoms with Gasteiger partial charge < -0.3 is 15.2 Å². The second-order valence-corrected chi connectivity index (χ2v) is 5.77. The van der Waals surface area contributed by atoms with Crippen LogP contribution in [0.25, 0.3) is 0 Å². The van der Waals surface area contributed by atoms with Gasteiger partial charge in [0.25, 0.3) is 5.95 Å². The van der Waals surface area contributed by atoms with E-state index >= 15 is 0 Å². The number of carbonyl (C=O) groups excluding carboxylic acids is 1. The van der Waals surface area contributed by atoms with Gasteiger partial charge in [0.15, 0.2) is 5.78 Å². The zero-order valence-corrected chi connectivity index (χ0v) is 13.1. The molecule has 8 heteroatoms. The lowest BCUT2D eigenvalue weighted by Gasteiger charge is -2.33. The molecule has 25 heavy (non-hydrogen) atoms. The van der Waals surface area contributed by atoms with Crippen LogP contribution in [0.1, 0.15) is 30.4 Å². The van der Waals surface area contributed by atoms with Crippen LogP contribution in [0.2, 0.25) is 0 Å². The van der Waals surface area contributed by atoms with Crippen molar-refractivity contribution in [2.24, 2.45) is 5.73 Å². The highest BCUT2D eigenvalue weighted by Gasteiger charge is 2.44. The van der Waals surface area contributed by atoms with Gasteiger partial charge in [-0.25, -0.2) is 0 Å². The predicted molar refractivity (Wildman–Crippen MR) is 79.3 cm³/mol. The van der Waals surface area contributed by atoms with Crippen LogP contribution in [0.5, 0.6) is 0 Å². The Morgan fingerprint density at radius 2 is 2.00 bits per heavy atom. The Morgan fingerprint density at radius 1 is 1.32 bits per heavy atom. The van der Waals surface area contributed by atoms with Gasteiger partial charge in [0.1, 0.15) is 17.7 Å².